The zero-order chi connectivity index (χ0) is 23.7. The highest BCUT2D eigenvalue weighted by Crippen LogP contribution is 2.29. The molecule has 5 rings (SSSR count). The highest BCUT2D eigenvalue weighted by atomic mass is 35.5. The molecule has 0 spiro atoms. The van der Waals surface area contributed by atoms with E-state index in [1.54, 1.807) is 6.20 Å². The van der Waals surface area contributed by atoms with E-state index in [2.05, 4.69) is 9.88 Å². The van der Waals surface area contributed by atoms with E-state index in [-0.39, 0.29) is 11.9 Å². The molecule has 2 aliphatic heterocycles. The molecule has 2 aromatic carbocycles. The van der Waals surface area contributed by atoms with Gasteiger partial charge >= 0.3 is 0 Å². The summed E-state index contributed by atoms with van der Waals surface area (Å²) in [6, 6.07) is 16.2. The number of halogens is 2. The fraction of sp³-hybridized carbons (Fsp3) is 0.407. The topological polar surface area (TPSA) is 62.5 Å². The summed E-state index contributed by atoms with van der Waals surface area (Å²) in [6.45, 7) is 3.53. The van der Waals surface area contributed by atoms with Gasteiger partial charge in [-0.15, -0.1) is 0 Å². The first kappa shape index (κ1) is 23.6. The summed E-state index contributed by atoms with van der Waals surface area (Å²) in [7, 11) is 0. The van der Waals surface area contributed by atoms with Crippen molar-refractivity contribution in [3.05, 3.63) is 75.9 Å². The van der Waals surface area contributed by atoms with Crippen LogP contribution in [0, 0.1) is 5.92 Å². The number of nitrogens with zero attached hydrogens (tertiary/aromatic N) is 3. The molecule has 2 aliphatic rings. The second-order valence-electron chi connectivity index (χ2n) is 9.59. The van der Waals surface area contributed by atoms with Crippen LogP contribution in [-0.2, 0) is 6.42 Å². The first-order valence-corrected chi connectivity index (χ1v) is 12.8. The molecule has 1 aromatic heterocycles. The summed E-state index contributed by atoms with van der Waals surface area (Å²) in [5, 5.41) is 2.19. The number of hydrogen-bond donors (Lipinski definition) is 1. The quantitative estimate of drug-likeness (QED) is 0.549. The molecule has 1 amide bonds. The molecule has 5 nitrogen and oxygen atoms in total. The number of aromatic nitrogens is 1. The molecule has 2 atom stereocenters. The largest absolute Gasteiger partial charge is 0.339 e. The van der Waals surface area contributed by atoms with Gasteiger partial charge in [-0.3, -0.25) is 14.7 Å². The summed E-state index contributed by atoms with van der Waals surface area (Å²) < 4.78 is 0. The lowest BCUT2D eigenvalue weighted by atomic mass is 9.85. The Morgan fingerprint density at radius 3 is 2.59 bits per heavy atom. The Kier molecular flexibility index (Phi) is 7.07. The lowest BCUT2D eigenvalue weighted by Crippen LogP contribution is -2.55. The van der Waals surface area contributed by atoms with Crippen LogP contribution in [0.5, 0.6) is 0 Å². The number of fused-ring (bicyclic) bond motifs is 1. The number of benzene rings is 2. The number of hydrogen-bond acceptors (Lipinski definition) is 4. The maximum Gasteiger partial charge on any atom is 0.253 e. The Morgan fingerprint density at radius 2 is 1.82 bits per heavy atom. The first-order chi connectivity index (χ1) is 16.5. The zero-order valence-electron chi connectivity index (χ0n) is 19.2. The van der Waals surface area contributed by atoms with Crippen LogP contribution in [0.25, 0.3) is 10.9 Å². The maximum atomic E-state index is 13.1. The Hall–Kier alpha value is -2.18. The Balaban J connectivity index is 1.14. The number of amides is 1. The SMILES string of the molecule is N[C@@H]1CN(C2CCN(C(=O)c3ccc4ncccc4c3)CC2)CC[C@@H]1Cc1ccc(Cl)c(Cl)c1. The number of carbonyl (C=O) groups is 1. The van der Waals surface area contributed by atoms with Crippen molar-refractivity contribution < 1.29 is 4.79 Å². The molecule has 34 heavy (non-hydrogen) atoms. The number of piperidine rings is 2. The van der Waals surface area contributed by atoms with Gasteiger partial charge in [0.25, 0.3) is 5.91 Å². The minimum Gasteiger partial charge on any atom is -0.339 e. The lowest BCUT2D eigenvalue weighted by Gasteiger charge is -2.44. The summed E-state index contributed by atoms with van der Waals surface area (Å²) in [4.78, 5) is 22.0. The van der Waals surface area contributed by atoms with Gasteiger partial charge in [-0.2, -0.15) is 0 Å². The van der Waals surface area contributed by atoms with Gasteiger partial charge in [-0.05, 0) is 80.1 Å². The number of carbonyl (C=O) groups excluding carboxylic acids is 1. The van der Waals surface area contributed by atoms with Crippen LogP contribution in [0.3, 0.4) is 0 Å². The molecule has 3 heterocycles. The van der Waals surface area contributed by atoms with Crippen molar-refractivity contribution in [2.45, 2.75) is 37.8 Å². The fourth-order valence-corrected chi connectivity index (χ4v) is 5.76. The maximum absolute atomic E-state index is 13.1. The van der Waals surface area contributed by atoms with Crippen LogP contribution in [0.4, 0.5) is 0 Å². The normalized spacial score (nSPS) is 22.3. The summed E-state index contributed by atoms with van der Waals surface area (Å²) in [5.41, 5.74) is 9.47. The molecule has 178 valence electrons. The predicted molar refractivity (Wildman–Crippen MR) is 138 cm³/mol. The van der Waals surface area contributed by atoms with Gasteiger partial charge in [0.1, 0.15) is 0 Å². The van der Waals surface area contributed by atoms with Crippen LogP contribution in [-0.4, -0.2) is 59.0 Å². The van der Waals surface area contributed by atoms with E-state index >= 15 is 0 Å². The van der Waals surface area contributed by atoms with Crippen molar-refractivity contribution in [3.8, 4) is 0 Å². The van der Waals surface area contributed by atoms with Crippen LogP contribution < -0.4 is 5.73 Å². The van der Waals surface area contributed by atoms with Gasteiger partial charge in [-0.1, -0.05) is 35.3 Å². The van der Waals surface area contributed by atoms with Gasteiger partial charge in [0, 0.05) is 48.9 Å². The minimum absolute atomic E-state index is 0.112. The molecule has 0 unspecified atom stereocenters. The molecule has 0 saturated carbocycles. The lowest BCUT2D eigenvalue weighted by molar-refractivity contribution is 0.0516. The molecule has 0 aliphatic carbocycles. The van der Waals surface area contributed by atoms with Gasteiger partial charge in [-0.25, -0.2) is 0 Å². The monoisotopic (exact) mass is 496 g/mol. The molecule has 3 aromatic rings. The third-order valence-electron chi connectivity index (χ3n) is 7.44. The number of nitrogens with two attached hydrogens (primary N) is 1. The number of likely N-dealkylation sites (tertiary alicyclic amines) is 2. The summed E-state index contributed by atoms with van der Waals surface area (Å²) >= 11 is 12.2. The third-order valence-corrected chi connectivity index (χ3v) is 8.18. The molecule has 2 fully saturated rings. The van der Waals surface area contributed by atoms with E-state index in [9.17, 15) is 4.79 Å². The van der Waals surface area contributed by atoms with Gasteiger partial charge in [0.2, 0.25) is 0 Å². The van der Waals surface area contributed by atoms with Crippen molar-refractivity contribution in [3.63, 3.8) is 0 Å². The van der Waals surface area contributed by atoms with Crippen molar-refractivity contribution in [1.29, 1.82) is 0 Å². The predicted octanol–water partition coefficient (Wildman–Crippen LogP) is 5.04. The van der Waals surface area contributed by atoms with Gasteiger partial charge in [0.05, 0.1) is 15.6 Å². The first-order valence-electron chi connectivity index (χ1n) is 12.1. The van der Waals surface area contributed by atoms with E-state index in [1.165, 1.54) is 5.56 Å². The highest BCUT2D eigenvalue weighted by molar-refractivity contribution is 6.42. The van der Waals surface area contributed by atoms with Crippen LogP contribution in [0.1, 0.15) is 35.2 Å². The third kappa shape index (κ3) is 5.08. The second kappa shape index (κ2) is 10.2. The highest BCUT2D eigenvalue weighted by Gasteiger charge is 2.33. The molecule has 2 N–H and O–H groups in total. The Bertz CT molecular complexity index is 1180. The summed E-state index contributed by atoms with van der Waals surface area (Å²) in [5.74, 6) is 0.554. The molecule has 2 saturated heterocycles. The molecular formula is C27H30Cl2N4O. The zero-order valence-corrected chi connectivity index (χ0v) is 20.7. The van der Waals surface area contributed by atoms with Gasteiger partial charge < -0.3 is 10.6 Å². The van der Waals surface area contributed by atoms with Crippen molar-refractivity contribution in [2.24, 2.45) is 11.7 Å². The Morgan fingerprint density at radius 1 is 1.00 bits per heavy atom. The van der Waals surface area contributed by atoms with E-state index in [0.717, 1.165) is 68.3 Å². The minimum atomic E-state index is 0.112. The number of pyridine rings is 1. The standard InChI is InChI=1S/C27H30Cl2N4O/c28-23-5-3-18(15-24(23)29)14-19-7-11-33(17-25(19)30)22-8-12-32(13-9-22)27(34)21-4-6-26-20(16-21)2-1-10-31-26/h1-6,10,15-16,19,22,25H,7-9,11-14,17,30H2/t19-,25-/m1/s1. The fourth-order valence-electron chi connectivity index (χ4n) is 5.44. The van der Waals surface area contributed by atoms with Crippen molar-refractivity contribution in [2.75, 3.05) is 26.2 Å². The van der Waals surface area contributed by atoms with E-state index in [4.69, 9.17) is 28.9 Å². The molecule has 0 bridgehead atoms. The average Bonchev–Trinajstić information content (AvgIpc) is 2.87. The van der Waals surface area contributed by atoms with E-state index < -0.39 is 0 Å². The number of rotatable bonds is 4. The van der Waals surface area contributed by atoms with Gasteiger partial charge in [0.15, 0.2) is 0 Å². The molecular weight excluding hydrogens is 467 g/mol. The molecule has 0 radical (unpaired) electrons. The summed E-state index contributed by atoms with van der Waals surface area (Å²) in [6.07, 6.45) is 5.76. The smallest absolute Gasteiger partial charge is 0.253 e. The van der Waals surface area contributed by atoms with Crippen LogP contribution in [0.15, 0.2) is 54.7 Å². The Labute approximate surface area is 210 Å². The second-order valence-corrected chi connectivity index (χ2v) is 10.4. The van der Waals surface area contributed by atoms with E-state index in [0.29, 0.717) is 22.0 Å². The van der Waals surface area contributed by atoms with Crippen LogP contribution in [0.2, 0.25) is 10.0 Å². The van der Waals surface area contributed by atoms with Crippen molar-refractivity contribution in [1.82, 2.24) is 14.8 Å². The molecule has 7 heteroatoms. The average molecular weight is 497 g/mol. The van der Waals surface area contributed by atoms with Crippen LogP contribution >= 0.6 is 23.2 Å². The van der Waals surface area contributed by atoms with E-state index in [1.807, 2.05) is 53.4 Å². The van der Waals surface area contributed by atoms with Crippen molar-refractivity contribution >= 4 is 40.0 Å².